The highest BCUT2D eigenvalue weighted by Crippen LogP contribution is 2.33. The molecular weight excluding hydrogens is 925 g/mol. The minimum Gasteiger partial charge on any atom is -0.462 e. The molecule has 71 heavy (non-hydrogen) atoms. The Hall–Kier alpha value is -2.56. The number of ether oxygens (including phenoxy) is 6. The lowest BCUT2D eigenvalue weighted by Crippen LogP contribution is -2.62. The standard InChI is InChI=1S/C52H96N2O17/c1-8-11-14-17-20-23-37(27-42(58)54-41(32-57)50(65)53-36(30-55)26-33(4)5)68-43(59)28-38(24-21-18-15-12-9-2)69-44(60)29-39(25-22-19-16-13-10-3)70-52-48(64)49(46(62)35(7)67-52)71-51-40(31-56)47(63)45(61)34(6)66-51/h33-41,45-49,51-52,55-57,61-64H,8-32H2,1-7H3,(H,53,65)(H,54,58). The van der Waals surface area contributed by atoms with Crippen molar-refractivity contribution in [2.45, 2.75) is 275 Å². The summed E-state index contributed by atoms with van der Waals surface area (Å²) in [5, 5.41) is 78.8. The molecule has 2 heterocycles. The molecule has 0 radical (unpaired) electrons. The number of carbonyl (C=O) groups excluding carboxylic acids is 4. The number of aliphatic hydroxyl groups excluding tert-OH is 7. The van der Waals surface area contributed by atoms with Crippen LogP contribution < -0.4 is 10.6 Å². The molecule has 2 saturated heterocycles. The highest BCUT2D eigenvalue weighted by atomic mass is 16.7. The van der Waals surface area contributed by atoms with Gasteiger partial charge in [-0.15, -0.1) is 0 Å². The van der Waals surface area contributed by atoms with Crippen LogP contribution in [0.5, 0.6) is 0 Å². The van der Waals surface area contributed by atoms with Crippen LogP contribution in [-0.2, 0) is 47.6 Å². The second-order valence-electron chi connectivity index (χ2n) is 20.4. The Kier molecular flexibility index (Phi) is 33.1. The number of rotatable bonds is 38. The van der Waals surface area contributed by atoms with Crippen molar-refractivity contribution in [3.8, 4) is 0 Å². The predicted molar refractivity (Wildman–Crippen MR) is 264 cm³/mol. The highest BCUT2D eigenvalue weighted by molar-refractivity contribution is 5.88. The van der Waals surface area contributed by atoms with E-state index in [1.165, 1.54) is 6.92 Å². The fraction of sp³-hybridized carbons (Fsp3) is 0.923. The van der Waals surface area contributed by atoms with Crippen LogP contribution in [0.2, 0.25) is 0 Å². The maximum Gasteiger partial charge on any atom is 0.309 e. The van der Waals surface area contributed by atoms with Crippen molar-refractivity contribution in [1.29, 1.82) is 0 Å². The van der Waals surface area contributed by atoms with E-state index in [1.54, 1.807) is 6.92 Å². The summed E-state index contributed by atoms with van der Waals surface area (Å²) in [5.41, 5.74) is 0. The Morgan fingerprint density at radius 3 is 1.54 bits per heavy atom. The van der Waals surface area contributed by atoms with Crippen LogP contribution in [0.25, 0.3) is 0 Å². The lowest BCUT2D eigenvalue weighted by molar-refractivity contribution is -0.354. The third-order valence-electron chi connectivity index (χ3n) is 13.4. The number of hydrogen-bond acceptors (Lipinski definition) is 17. The number of nitrogens with one attached hydrogen (secondary N) is 2. The first-order valence-corrected chi connectivity index (χ1v) is 27.1. The molecule has 0 aromatic heterocycles. The van der Waals surface area contributed by atoms with Crippen LogP contribution in [-0.4, -0.2) is 165 Å². The number of unbranched alkanes of at least 4 members (excludes halogenated alkanes) is 12. The second-order valence-corrected chi connectivity index (χ2v) is 20.4. The fourth-order valence-electron chi connectivity index (χ4n) is 9.12. The third-order valence-corrected chi connectivity index (χ3v) is 13.4. The lowest BCUT2D eigenvalue weighted by atomic mass is 9.91. The van der Waals surface area contributed by atoms with Crippen LogP contribution >= 0.6 is 0 Å². The minimum atomic E-state index is -1.62. The van der Waals surface area contributed by atoms with Gasteiger partial charge in [-0.1, -0.05) is 118 Å². The predicted octanol–water partition coefficient (Wildman–Crippen LogP) is 4.37. The monoisotopic (exact) mass is 1020 g/mol. The molecule has 0 saturated carbocycles. The molecule has 2 aliphatic heterocycles. The normalized spacial score (nSPS) is 26.8. The summed E-state index contributed by atoms with van der Waals surface area (Å²) in [6.07, 6.45) is 0.298. The van der Waals surface area contributed by atoms with Crippen molar-refractivity contribution in [2.75, 3.05) is 19.8 Å². The number of esters is 2. The molecule has 2 fully saturated rings. The number of carbonyl (C=O) groups is 4. The highest BCUT2D eigenvalue weighted by Gasteiger charge is 2.50. The zero-order chi connectivity index (χ0) is 52.9. The molecule has 2 amide bonds. The first kappa shape index (κ1) is 64.6. The van der Waals surface area contributed by atoms with Crippen molar-refractivity contribution in [1.82, 2.24) is 10.6 Å². The van der Waals surface area contributed by atoms with Gasteiger partial charge in [0.05, 0.1) is 75.5 Å². The van der Waals surface area contributed by atoms with Gasteiger partial charge in [0.25, 0.3) is 0 Å². The van der Waals surface area contributed by atoms with Crippen LogP contribution in [0.4, 0.5) is 0 Å². The van der Waals surface area contributed by atoms with Gasteiger partial charge in [0.15, 0.2) is 12.6 Å². The average Bonchev–Trinajstić information content (AvgIpc) is 3.32. The van der Waals surface area contributed by atoms with E-state index in [1.807, 2.05) is 13.8 Å². The van der Waals surface area contributed by atoms with E-state index in [0.29, 0.717) is 44.9 Å². The zero-order valence-electron chi connectivity index (χ0n) is 44.1. The molecule has 416 valence electrons. The van der Waals surface area contributed by atoms with Crippen molar-refractivity contribution in [3.05, 3.63) is 0 Å². The summed E-state index contributed by atoms with van der Waals surface area (Å²) in [5.74, 6) is -3.47. The summed E-state index contributed by atoms with van der Waals surface area (Å²) in [6, 6.07) is -1.84. The van der Waals surface area contributed by atoms with Gasteiger partial charge in [0.1, 0.15) is 42.7 Å². The Balaban J connectivity index is 2.27. The Bertz CT molecular complexity index is 1460. The van der Waals surface area contributed by atoms with E-state index in [0.717, 1.165) is 77.0 Å². The topological polar surface area (TPSA) is 289 Å². The van der Waals surface area contributed by atoms with Gasteiger partial charge in [-0.2, -0.15) is 0 Å². The summed E-state index contributed by atoms with van der Waals surface area (Å²) in [7, 11) is 0. The maximum atomic E-state index is 13.9. The Labute approximate surface area is 423 Å². The van der Waals surface area contributed by atoms with Gasteiger partial charge >= 0.3 is 11.9 Å². The maximum absolute atomic E-state index is 13.9. The minimum absolute atomic E-state index is 0.181. The number of hydrogen-bond donors (Lipinski definition) is 9. The summed E-state index contributed by atoms with van der Waals surface area (Å²) in [4.78, 5) is 54.1. The van der Waals surface area contributed by atoms with Crippen LogP contribution in [0.1, 0.15) is 190 Å². The molecule has 0 bridgehead atoms. The molecule has 2 rings (SSSR count). The molecule has 0 aromatic rings. The summed E-state index contributed by atoms with van der Waals surface area (Å²) < 4.78 is 36.0. The van der Waals surface area contributed by atoms with E-state index in [2.05, 4.69) is 31.4 Å². The van der Waals surface area contributed by atoms with E-state index < -0.39 is 129 Å². The third kappa shape index (κ3) is 24.6. The molecule has 2 aliphatic rings. The molecule has 0 spiro atoms. The van der Waals surface area contributed by atoms with E-state index in [4.69, 9.17) is 28.4 Å². The second kappa shape index (κ2) is 36.4. The van der Waals surface area contributed by atoms with Crippen molar-refractivity contribution in [3.63, 3.8) is 0 Å². The molecule has 19 nitrogen and oxygen atoms in total. The van der Waals surface area contributed by atoms with Crippen LogP contribution in [0, 0.1) is 11.8 Å². The SMILES string of the molecule is CCCCCCCC(CC(=O)NC(CO)C(=O)NC(CO)CC(C)C)OC(=O)CC(CCCCCCC)OC(=O)CC(CCCCCCC)OC1OC(C)C(O)C(OC2OC(C)C(O)C(O)C2CO)C1O. The number of amides is 2. The van der Waals surface area contributed by atoms with E-state index in [-0.39, 0.29) is 31.8 Å². The van der Waals surface area contributed by atoms with E-state index >= 15 is 0 Å². The van der Waals surface area contributed by atoms with Crippen molar-refractivity contribution < 1.29 is 83.3 Å². The first-order valence-electron chi connectivity index (χ1n) is 27.1. The largest absolute Gasteiger partial charge is 0.462 e. The molecule has 9 N–H and O–H groups in total. The average molecular weight is 1020 g/mol. The van der Waals surface area contributed by atoms with Crippen LogP contribution in [0.15, 0.2) is 0 Å². The Morgan fingerprint density at radius 2 is 1.04 bits per heavy atom. The zero-order valence-corrected chi connectivity index (χ0v) is 44.1. The fourth-order valence-corrected chi connectivity index (χ4v) is 9.12. The van der Waals surface area contributed by atoms with Crippen molar-refractivity contribution >= 4 is 23.8 Å². The van der Waals surface area contributed by atoms with E-state index in [9.17, 15) is 54.9 Å². The molecular formula is C52H96N2O17. The van der Waals surface area contributed by atoms with Crippen LogP contribution in [0.3, 0.4) is 0 Å². The lowest BCUT2D eigenvalue weighted by Gasteiger charge is -2.46. The smallest absolute Gasteiger partial charge is 0.309 e. The van der Waals surface area contributed by atoms with Gasteiger partial charge in [-0.3, -0.25) is 19.2 Å². The molecule has 0 aromatic carbocycles. The van der Waals surface area contributed by atoms with Gasteiger partial charge < -0.3 is 74.8 Å². The molecule has 15 atom stereocenters. The van der Waals surface area contributed by atoms with Gasteiger partial charge in [-0.05, 0) is 58.3 Å². The van der Waals surface area contributed by atoms with Gasteiger partial charge in [0, 0.05) is 0 Å². The number of aliphatic hydroxyl groups is 7. The quantitative estimate of drug-likeness (QED) is 0.0306. The Morgan fingerprint density at radius 1 is 0.563 bits per heavy atom. The molecule has 19 heteroatoms. The van der Waals surface area contributed by atoms with Gasteiger partial charge in [-0.25, -0.2) is 0 Å². The molecule has 15 unspecified atom stereocenters. The summed E-state index contributed by atoms with van der Waals surface area (Å²) in [6.45, 7) is 11.7. The van der Waals surface area contributed by atoms with Gasteiger partial charge in [0.2, 0.25) is 11.8 Å². The first-order chi connectivity index (χ1) is 33.9. The summed E-state index contributed by atoms with van der Waals surface area (Å²) >= 11 is 0. The van der Waals surface area contributed by atoms with Crippen molar-refractivity contribution in [2.24, 2.45) is 11.8 Å². The molecule has 0 aliphatic carbocycles.